The molecule has 1 atom stereocenters. The Morgan fingerprint density at radius 3 is 2.75 bits per heavy atom. The van der Waals surface area contributed by atoms with Crippen molar-refractivity contribution in [1.29, 1.82) is 0 Å². The third kappa shape index (κ3) is 1.09. The van der Waals surface area contributed by atoms with Gasteiger partial charge in [-0.1, -0.05) is 30.7 Å². The number of primary amides is 1. The number of fused-ring (bicyclic) bond motifs is 1. The van der Waals surface area contributed by atoms with Crippen LogP contribution in [0.1, 0.15) is 30.4 Å². The van der Waals surface area contributed by atoms with Gasteiger partial charge in [0, 0.05) is 6.54 Å². The number of benzene rings is 1. The summed E-state index contributed by atoms with van der Waals surface area (Å²) in [7, 11) is 0. The van der Waals surface area contributed by atoms with E-state index in [-0.39, 0.29) is 5.91 Å². The number of rotatable bonds is 2. The van der Waals surface area contributed by atoms with Crippen LogP contribution in [0.5, 0.6) is 0 Å². The van der Waals surface area contributed by atoms with Crippen molar-refractivity contribution in [2.45, 2.75) is 31.3 Å². The second kappa shape index (κ2) is 3.32. The molecule has 1 aliphatic carbocycles. The summed E-state index contributed by atoms with van der Waals surface area (Å²) < 4.78 is 0. The lowest BCUT2D eigenvalue weighted by Gasteiger charge is -2.41. The van der Waals surface area contributed by atoms with E-state index in [4.69, 9.17) is 5.73 Å². The molecular weight excluding hydrogens is 200 g/mol. The lowest BCUT2D eigenvalue weighted by atomic mass is 9.67. The second-order valence-corrected chi connectivity index (χ2v) is 4.81. The summed E-state index contributed by atoms with van der Waals surface area (Å²) in [6.07, 6.45) is 3.41. The van der Waals surface area contributed by atoms with Gasteiger partial charge in [-0.05, 0) is 29.9 Å². The lowest BCUT2D eigenvalue weighted by Crippen LogP contribution is -2.56. The Kier molecular flexibility index (Phi) is 2.04. The van der Waals surface area contributed by atoms with Gasteiger partial charge in [-0.25, -0.2) is 0 Å². The Balaban J connectivity index is 2.12. The van der Waals surface area contributed by atoms with Crippen LogP contribution in [0.3, 0.4) is 0 Å². The summed E-state index contributed by atoms with van der Waals surface area (Å²) in [6.45, 7) is 0.760. The summed E-state index contributed by atoms with van der Waals surface area (Å²) in [5.41, 5.74) is 7.39. The van der Waals surface area contributed by atoms with Crippen molar-refractivity contribution in [2.75, 3.05) is 0 Å². The van der Waals surface area contributed by atoms with E-state index in [0.29, 0.717) is 5.92 Å². The molecule has 1 saturated carbocycles. The first-order chi connectivity index (χ1) is 7.75. The largest absolute Gasteiger partial charge is 0.368 e. The molecule has 1 fully saturated rings. The average Bonchev–Trinajstić information content (AvgIpc) is 2.57. The summed E-state index contributed by atoms with van der Waals surface area (Å²) in [5.74, 6) is 0.163. The maximum absolute atomic E-state index is 11.9. The molecule has 0 aromatic heterocycles. The Hall–Kier alpha value is -1.35. The quantitative estimate of drug-likeness (QED) is 0.782. The van der Waals surface area contributed by atoms with E-state index in [1.807, 2.05) is 18.2 Å². The molecule has 3 N–H and O–H groups in total. The highest BCUT2D eigenvalue weighted by atomic mass is 16.1. The Morgan fingerprint density at radius 1 is 1.38 bits per heavy atom. The van der Waals surface area contributed by atoms with Crippen molar-refractivity contribution in [3.05, 3.63) is 35.4 Å². The molecule has 1 aromatic carbocycles. The fourth-order valence-corrected chi connectivity index (χ4v) is 3.02. The van der Waals surface area contributed by atoms with E-state index < -0.39 is 5.54 Å². The van der Waals surface area contributed by atoms with Gasteiger partial charge in [0.05, 0.1) is 0 Å². The zero-order valence-electron chi connectivity index (χ0n) is 9.20. The maximum Gasteiger partial charge on any atom is 0.242 e. The first-order valence-electron chi connectivity index (χ1n) is 5.88. The number of carbonyl (C=O) groups is 1. The second-order valence-electron chi connectivity index (χ2n) is 4.81. The van der Waals surface area contributed by atoms with Crippen LogP contribution in [0.25, 0.3) is 0 Å². The van der Waals surface area contributed by atoms with Crippen LogP contribution in [0.4, 0.5) is 0 Å². The standard InChI is InChI=1S/C13H16N2O/c14-12(16)13(10-5-3-6-10)11-7-2-1-4-9(11)8-15-13/h1-2,4,7,10,15H,3,5-6,8H2,(H2,14,16). The van der Waals surface area contributed by atoms with Gasteiger partial charge in [0.15, 0.2) is 0 Å². The number of amides is 1. The fraction of sp³-hybridized carbons (Fsp3) is 0.462. The van der Waals surface area contributed by atoms with E-state index in [2.05, 4.69) is 11.4 Å². The van der Waals surface area contributed by atoms with Gasteiger partial charge in [0.25, 0.3) is 0 Å². The van der Waals surface area contributed by atoms with Crippen LogP contribution in [0.2, 0.25) is 0 Å². The molecule has 1 amide bonds. The minimum Gasteiger partial charge on any atom is -0.368 e. The van der Waals surface area contributed by atoms with Crippen LogP contribution < -0.4 is 11.1 Å². The molecular formula is C13H16N2O. The zero-order valence-corrected chi connectivity index (χ0v) is 9.20. The van der Waals surface area contributed by atoms with Crippen molar-refractivity contribution >= 4 is 5.91 Å². The fourth-order valence-electron chi connectivity index (χ4n) is 3.02. The lowest BCUT2D eigenvalue weighted by molar-refractivity contribution is -0.128. The monoisotopic (exact) mass is 216 g/mol. The number of carbonyl (C=O) groups excluding carboxylic acids is 1. The molecule has 3 rings (SSSR count). The van der Waals surface area contributed by atoms with E-state index >= 15 is 0 Å². The molecule has 1 aromatic rings. The molecule has 84 valence electrons. The van der Waals surface area contributed by atoms with Gasteiger partial charge in [-0.3, -0.25) is 10.1 Å². The number of hydrogen-bond donors (Lipinski definition) is 2. The number of hydrogen-bond acceptors (Lipinski definition) is 2. The van der Waals surface area contributed by atoms with E-state index in [1.165, 1.54) is 12.0 Å². The topological polar surface area (TPSA) is 55.1 Å². The minimum absolute atomic E-state index is 0.220. The third-order valence-electron chi connectivity index (χ3n) is 4.11. The van der Waals surface area contributed by atoms with Crippen LogP contribution in [0.15, 0.2) is 24.3 Å². The highest BCUT2D eigenvalue weighted by molar-refractivity contribution is 5.88. The van der Waals surface area contributed by atoms with E-state index in [1.54, 1.807) is 0 Å². The number of nitrogens with two attached hydrogens (primary N) is 1. The molecule has 16 heavy (non-hydrogen) atoms. The smallest absolute Gasteiger partial charge is 0.242 e. The van der Waals surface area contributed by atoms with Crippen LogP contribution >= 0.6 is 0 Å². The molecule has 0 bridgehead atoms. The van der Waals surface area contributed by atoms with Gasteiger partial charge in [0.1, 0.15) is 5.54 Å². The average molecular weight is 216 g/mol. The van der Waals surface area contributed by atoms with Crippen LogP contribution in [-0.2, 0) is 16.9 Å². The van der Waals surface area contributed by atoms with Crippen molar-refractivity contribution in [3.8, 4) is 0 Å². The summed E-state index contributed by atoms with van der Waals surface area (Å²) in [5, 5.41) is 3.36. The van der Waals surface area contributed by atoms with Crippen molar-refractivity contribution in [2.24, 2.45) is 11.7 Å². The van der Waals surface area contributed by atoms with Gasteiger partial charge in [-0.15, -0.1) is 0 Å². The molecule has 1 heterocycles. The maximum atomic E-state index is 11.9. The summed E-state index contributed by atoms with van der Waals surface area (Å²) in [6, 6.07) is 8.12. The first-order valence-corrected chi connectivity index (χ1v) is 5.88. The summed E-state index contributed by atoms with van der Waals surface area (Å²) >= 11 is 0. The first kappa shape index (κ1) is 9.85. The van der Waals surface area contributed by atoms with Crippen LogP contribution in [0, 0.1) is 5.92 Å². The molecule has 0 saturated heterocycles. The minimum atomic E-state index is -0.588. The van der Waals surface area contributed by atoms with Gasteiger partial charge in [-0.2, -0.15) is 0 Å². The highest BCUT2D eigenvalue weighted by Crippen LogP contribution is 2.46. The van der Waals surface area contributed by atoms with Crippen molar-refractivity contribution < 1.29 is 4.79 Å². The van der Waals surface area contributed by atoms with E-state index in [0.717, 1.165) is 24.9 Å². The summed E-state index contributed by atoms with van der Waals surface area (Å²) in [4.78, 5) is 11.9. The Labute approximate surface area is 95.0 Å². The predicted molar refractivity (Wildman–Crippen MR) is 61.5 cm³/mol. The molecule has 1 aliphatic heterocycles. The molecule has 3 heteroatoms. The molecule has 0 spiro atoms. The van der Waals surface area contributed by atoms with Crippen molar-refractivity contribution in [3.63, 3.8) is 0 Å². The number of nitrogens with one attached hydrogen (secondary N) is 1. The normalized spacial score (nSPS) is 28.5. The Bertz CT molecular complexity index is 439. The van der Waals surface area contributed by atoms with Gasteiger partial charge >= 0.3 is 0 Å². The Morgan fingerprint density at radius 2 is 2.12 bits per heavy atom. The van der Waals surface area contributed by atoms with Gasteiger partial charge in [0.2, 0.25) is 5.91 Å². The predicted octanol–water partition coefficient (Wildman–Crippen LogP) is 1.27. The third-order valence-corrected chi connectivity index (χ3v) is 4.11. The van der Waals surface area contributed by atoms with Crippen molar-refractivity contribution in [1.82, 2.24) is 5.32 Å². The van der Waals surface area contributed by atoms with Crippen LogP contribution in [-0.4, -0.2) is 5.91 Å². The SMILES string of the molecule is NC(=O)C1(C2CCC2)NCc2ccccc21. The van der Waals surface area contributed by atoms with Gasteiger partial charge < -0.3 is 5.73 Å². The molecule has 2 aliphatic rings. The molecule has 1 unspecified atom stereocenters. The van der Waals surface area contributed by atoms with E-state index in [9.17, 15) is 4.79 Å². The highest BCUT2D eigenvalue weighted by Gasteiger charge is 2.51. The molecule has 3 nitrogen and oxygen atoms in total. The zero-order chi connectivity index (χ0) is 11.2. The molecule has 0 radical (unpaired) electrons.